The number of aromatic nitrogens is 2. The van der Waals surface area contributed by atoms with E-state index in [2.05, 4.69) is 9.97 Å². The third kappa shape index (κ3) is 2.33. The van der Waals surface area contributed by atoms with Gasteiger partial charge < -0.3 is 4.42 Å². The Morgan fingerprint density at radius 3 is 2.76 bits per heavy atom. The molecule has 0 aliphatic heterocycles. The number of benzene rings is 2. The fraction of sp³-hybridized carbons (Fsp3) is 0. The van der Waals surface area contributed by atoms with Gasteiger partial charge in [-0.1, -0.05) is 41.9 Å². The van der Waals surface area contributed by atoms with Gasteiger partial charge in [-0.05, 0) is 18.2 Å². The summed E-state index contributed by atoms with van der Waals surface area (Å²) in [6.45, 7) is 0. The van der Waals surface area contributed by atoms with Gasteiger partial charge in [-0.3, -0.25) is 0 Å². The lowest BCUT2D eigenvalue weighted by Gasteiger charge is -1.93. The predicted octanol–water partition coefficient (Wildman–Crippen LogP) is 5.27. The molecule has 5 heteroatoms. The van der Waals surface area contributed by atoms with Crippen LogP contribution in [-0.2, 0) is 0 Å². The normalized spacial score (nSPS) is 11.1. The van der Waals surface area contributed by atoms with Crippen molar-refractivity contribution in [1.29, 1.82) is 0 Å². The number of hydrogen-bond donors (Lipinski definition) is 0. The summed E-state index contributed by atoms with van der Waals surface area (Å²) in [7, 11) is 0. The van der Waals surface area contributed by atoms with E-state index in [0.29, 0.717) is 10.9 Å². The third-order valence-corrected chi connectivity index (χ3v) is 4.36. The zero-order valence-electron chi connectivity index (χ0n) is 10.8. The van der Waals surface area contributed by atoms with Crippen LogP contribution in [0, 0.1) is 0 Å². The third-order valence-electron chi connectivity index (χ3n) is 3.10. The first kappa shape index (κ1) is 12.6. The van der Waals surface area contributed by atoms with Gasteiger partial charge in [0.05, 0.1) is 16.4 Å². The molecule has 0 aliphatic carbocycles. The van der Waals surface area contributed by atoms with Crippen LogP contribution in [0.3, 0.4) is 0 Å². The molecule has 0 amide bonds. The van der Waals surface area contributed by atoms with Crippen molar-refractivity contribution in [3.63, 3.8) is 0 Å². The van der Waals surface area contributed by atoms with Crippen molar-refractivity contribution in [2.75, 3.05) is 0 Å². The summed E-state index contributed by atoms with van der Waals surface area (Å²) in [5.74, 6) is 1.27. The summed E-state index contributed by atoms with van der Waals surface area (Å²) in [6, 6.07) is 15.5. The summed E-state index contributed by atoms with van der Waals surface area (Å²) < 4.78 is 6.88. The number of nitrogens with zero attached hydrogens (tertiary/aromatic N) is 2. The number of halogens is 1. The van der Waals surface area contributed by atoms with Crippen molar-refractivity contribution < 1.29 is 4.42 Å². The van der Waals surface area contributed by atoms with Gasteiger partial charge in [0.2, 0.25) is 0 Å². The Balaban J connectivity index is 1.77. The first-order chi connectivity index (χ1) is 10.3. The minimum Gasteiger partial charge on any atom is -0.434 e. The van der Waals surface area contributed by atoms with Crippen molar-refractivity contribution >= 4 is 33.2 Å². The van der Waals surface area contributed by atoms with Gasteiger partial charge in [-0.15, -0.1) is 11.3 Å². The Bertz CT molecular complexity index is 914. The second-order valence-electron chi connectivity index (χ2n) is 4.53. The van der Waals surface area contributed by atoms with Crippen LogP contribution in [0.1, 0.15) is 0 Å². The number of fused-ring (bicyclic) bond motifs is 1. The summed E-state index contributed by atoms with van der Waals surface area (Å²) in [6.07, 6.45) is 1.73. The molecule has 0 unspecified atom stereocenters. The lowest BCUT2D eigenvalue weighted by molar-refractivity contribution is 0.588. The fourth-order valence-corrected chi connectivity index (χ4v) is 3.15. The smallest absolute Gasteiger partial charge is 0.256 e. The molecule has 4 rings (SSSR count). The van der Waals surface area contributed by atoms with E-state index in [-0.39, 0.29) is 0 Å². The second-order valence-corrected chi connectivity index (χ2v) is 5.99. The van der Waals surface area contributed by atoms with Crippen molar-refractivity contribution in [3.05, 3.63) is 59.8 Å². The highest BCUT2D eigenvalue weighted by molar-refractivity contribution is 7.21. The van der Waals surface area contributed by atoms with E-state index in [4.69, 9.17) is 16.0 Å². The van der Waals surface area contributed by atoms with Crippen molar-refractivity contribution in [3.8, 4) is 22.2 Å². The molecule has 0 N–H and O–H groups in total. The summed E-state index contributed by atoms with van der Waals surface area (Å²) in [4.78, 5) is 8.86. The molecular weight excluding hydrogens is 304 g/mol. The van der Waals surface area contributed by atoms with Crippen LogP contribution in [0.5, 0.6) is 0 Å². The maximum atomic E-state index is 5.98. The molecule has 0 saturated carbocycles. The molecule has 2 aromatic heterocycles. The van der Waals surface area contributed by atoms with Gasteiger partial charge in [0.25, 0.3) is 5.89 Å². The molecule has 0 atom stereocenters. The van der Waals surface area contributed by atoms with Gasteiger partial charge in [0, 0.05) is 10.6 Å². The standard InChI is InChI=1S/C16H9ClN2OS/c17-11-6-7-14-12(8-11)19-16(21-14)15-18-9-13(20-15)10-4-2-1-3-5-10/h1-9H. The van der Waals surface area contributed by atoms with E-state index in [1.807, 2.05) is 48.5 Å². The van der Waals surface area contributed by atoms with Crippen LogP contribution in [0.25, 0.3) is 32.4 Å². The number of oxazole rings is 1. The van der Waals surface area contributed by atoms with Gasteiger partial charge in [0.1, 0.15) is 0 Å². The maximum Gasteiger partial charge on any atom is 0.256 e. The maximum absolute atomic E-state index is 5.98. The Morgan fingerprint density at radius 2 is 1.90 bits per heavy atom. The summed E-state index contributed by atoms with van der Waals surface area (Å²) in [5, 5.41) is 1.44. The molecule has 102 valence electrons. The van der Waals surface area contributed by atoms with Crippen LogP contribution in [0.15, 0.2) is 59.1 Å². The van der Waals surface area contributed by atoms with E-state index in [1.54, 1.807) is 17.5 Å². The highest BCUT2D eigenvalue weighted by Crippen LogP contribution is 2.32. The Kier molecular flexibility index (Phi) is 2.98. The van der Waals surface area contributed by atoms with Gasteiger partial charge in [-0.25, -0.2) is 9.97 Å². The molecule has 3 nitrogen and oxygen atoms in total. The Morgan fingerprint density at radius 1 is 1.05 bits per heavy atom. The van der Waals surface area contributed by atoms with Crippen molar-refractivity contribution in [2.24, 2.45) is 0 Å². The van der Waals surface area contributed by atoms with E-state index < -0.39 is 0 Å². The molecule has 0 aliphatic rings. The largest absolute Gasteiger partial charge is 0.434 e. The lowest BCUT2D eigenvalue weighted by Crippen LogP contribution is -1.73. The van der Waals surface area contributed by atoms with Crippen LogP contribution in [0.2, 0.25) is 5.02 Å². The van der Waals surface area contributed by atoms with Crippen LogP contribution >= 0.6 is 22.9 Å². The molecule has 4 aromatic rings. The highest BCUT2D eigenvalue weighted by atomic mass is 35.5. The number of hydrogen-bond acceptors (Lipinski definition) is 4. The molecule has 0 spiro atoms. The molecule has 0 radical (unpaired) electrons. The van der Waals surface area contributed by atoms with Crippen molar-refractivity contribution in [2.45, 2.75) is 0 Å². The first-order valence-corrected chi connectivity index (χ1v) is 7.57. The molecule has 2 aromatic carbocycles. The van der Waals surface area contributed by atoms with Gasteiger partial charge in [-0.2, -0.15) is 0 Å². The topological polar surface area (TPSA) is 38.9 Å². The van der Waals surface area contributed by atoms with Gasteiger partial charge in [0.15, 0.2) is 10.8 Å². The average molecular weight is 313 g/mol. The van der Waals surface area contributed by atoms with E-state index in [0.717, 1.165) is 26.5 Å². The number of thiazole rings is 1. The van der Waals surface area contributed by atoms with E-state index in [9.17, 15) is 0 Å². The summed E-state index contributed by atoms with van der Waals surface area (Å²) in [5.41, 5.74) is 1.86. The molecule has 0 bridgehead atoms. The van der Waals surface area contributed by atoms with E-state index in [1.165, 1.54) is 0 Å². The fourth-order valence-electron chi connectivity index (χ4n) is 2.10. The average Bonchev–Trinajstić information content (AvgIpc) is 3.14. The quantitative estimate of drug-likeness (QED) is 0.506. The minimum absolute atomic E-state index is 0.533. The van der Waals surface area contributed by atoms with Crippen LogP contribution in [0.4, 0.5) is 0 Å². The van der Waals surface area contributed by atoms with Crippen LogP contribution < -0.4 is 0 Å². The van der Waals surface area contributed by atoms with Crippen LogP contribution in [-0.4, -0.2) is 9.97 Å². The summed E-state index contributed by atoms with van der Waals surface area (Å²) >= 11 is 7.53. The predicted molar refractivity (Wildman–Crippen MR) is 85.6 cm³/mol. The zero-order valence-corrected chi connectivity index (χ0v) is 12.4. The lowest BCUT2D eigenvalue weighted by atomic mass is 10.2. The Labute approximate surface area is 129 Å². The van der Waals surface area contributed by atoms with Crippen molar-refractivity contribution in [1.82, 2.24) is 9.97 Å². The SMILES string of the molecule is Clc1ccc2sc(-c3ncc(-c4ccccc4)o3)nc2c1. The van der Waals surface area contributed by atoms with Gasteiger partial charge >= 0.3 is 0 Å². The highest BCUT2D eigenvalue weighted by Gasteiger charge is 2.13. The number of rotatable bonds is 2. The molecular formula is C16H9ClN2OS. The molecule has 2 heterocycles. The molecule has 0 fully saturated rings. The first-order valence-electron chi connectivity index (χ1n) is 6.37. The minimum atomic E-state index is 0.533. The molecule has 21 heavy (non-hydrogen) atoms. The monoisotopic (exact) mass is 312 g/mol. The zero-order chi connectivity index (χ0) is 14.2. The molecule has 0 saturated heterocycles. The van der Waals surface area contributed by atoms with E-state index >= 15 is 0 Å². The Hall–Kier alpha value is -2.17. The second kappa shape index (κ2) is 4.98.